The number of rotatable bonds is 4. The van der Waals surface area contributed by atoms with Crippen LogP contribution in [-0.2, 0) is 14.8 Å². The molecule has 0 atom stereocenters. The molecule has 3 amide bonds. The van der Waals surface area contributed by atoms with E-state index in [4.69, 9.17) is 0 Å². The van der Waals surface area contributed by atoms with E-state index in [0.29, 0.717) is 36.0 Å². The Morgan fingerprint density at radius 1 is 1.19 bits per heavy atom. The highest BCUT2D eigenvalue weighted by Gasteiger charge is 2.38. The molecule has 0 saturated carbocycles. The zero-order valence-electron chi connectivity index (χ0n) is 14.1. The van der Waals surface area contributed by atoms with E-state index in [1.807, 2.05) is 0 Å². The van der Waals surface area contributed by atoms with Crippen LogP contribution < -0.4 is 4.72 Å². The highest BCUT2D eigenvalue weighted by atomic mass is 79.9. The van der Waals surface area contributed by atoms with Crippen LogP contribution in [0.25, 0.3) is 0 Å². The molecule has 1 aromatic carbocycles. The number of benzene rings is 1. The lowest BCUT2D eigenvalue weighted by Crippen LogP contribution is -2.49. The van der Waals surface area contributed by atoms with Crippen LogP contribution in [0.3, 0.4) is 0 Å². The Morgan fingerprint density at radius 2 is 1.81 bits per heavy atom. The van der Waals surface area contributed by atoms with Crippen molar-refractivity contribution in [1.82, 2.24) is 14.5 Å². The first-order valence-corrected chi connectivity index (χ1v) is 10.7. The molecule has 1 aromatic rings. The summed E-state index contributed by atoms with van der Waals surface area (Å²) in [7, 11) is -3.28. The van der Waals surface area contributed by atoms with Crippen molar-refractivity contribution >= 4 is 43.7 Å². The van der Waals surface area contributed by atoms with Crippen LogP contribution in [0.2, 0.25) is 0 Å². The molecule has 2 aliphatic rings. The van der Waals surface area contributed by atoms with Crippen molar-refractivity contribution in [3.05, 3.63) is 33.8 Å². The Bertz CT molecular complexity index is 878. The van der Waals surface area contributed by atoms with Crippen LogP contribution in [-0.4, -0.2) is 67.9 Å². The fourth-order valence-electron chi connectivity index (χ4n) is 3.19. The van der Waals surface area contributed by atoms with E-state index < -0.39 is 21.8 Å². The van der Waals surface area contributed by atoms with Gasteiger partial charge in [0.25, 0.3) is 11.8 Å². The lowest BCUT2D eigenvalue weighted by Gasteiger charge is -2.32. The van der Waals surface area contributed by atoms with E-state index in [2.05, 4.69) is 20.7 Å². The number of hydrogen-bond acceptors (Lipinski definition) is 5. The molecule has 140 valence electrons. The van der Waals surface area contributed by atoms with Gasteiger partial charge >= 0.3 is 0 Å². The van der Waals surface area contributed by atoms with E-state index in [1.165, 1.54) is 0 Å². The highest BCUT2D eigenvalue weighted by molar-refractivity contribution is 9.10. The molecule has 0 unspecified atom stereocenters. The summed E-state index contributed by atoms with van der Waals surface area (Å²) in [4.78, 5) is 39.8. The van der Waals surface area contributed by atoms with E-state index in [1.54, 1.807) is 23.1 Å². The first kappa shape index (κ1) is 19.0. The van der Waals surface area contributed by atoms with Crippen LogP contribution in [0.1, 0.15) is 33.6 Å². The van der Waals surface area contributed by atoms with Gasteiger partial charge in [0.05, 0.1) is 17.4 Å². The van der Waals surface area contributed by atoms with Gasteiger partial charge in [-0.1, -0.05) is 15.9 Å². The van der Waals surface area contributed by atoms with Crippen LogP contribution in [0.5, 0.6) is 0 Å². The molecule has 0 bridgehead atoms. The normalized spacial score (nSPS) is 18.4. The molecule has 10 heteroatoms. The minimum Gasteiger partial charge on any atom is -0.341 e. The number of sulfonamides is 1. The summed E-state index contributed by atoms with van der Waals surface area (Å²) < 4.78 is 25.8. The zero-order chi connectivity index (χ0) is 19.1. The number of carbonyl (C=O) groups excluding carboxylic acids is 3. The molecule has 2 heterocycles. The molecule has 0 aliphatic carbocycles. The Morgan fingerprint density at radius 3 is 2.42 bits per heavy atom. The second-order valence-electron chi connectivity index (χ2n) is 6.43. The van der Waals surface area contributed by atoms with Crippen LogP contribution in [0.15, 0.2) is 22.7 Å². The topological polar surface area (TPSA) is 104 Å². The second-order valence-corrected chi connectivity index (χ2v) is 9.13. The summed E-state index contributed by atoms with van der Waals surface area (Å²) in [6.07, 6.45) is 2.09. The van der Waals surface area contributed by atoms with Gasteiger partial charge in [0.1, 0.15) is 6.54 Å². The van der Waals surface area contributed by atoms with Crippen molar-refractivity contribution in [3.63, 3.8) is 0 Å². The Kier molecular flexibility index (Phi) is 5.18. The number of likely N-dealkylation sites (tertiary alicyclic amines) is 1. The molecule has 2 aliphatic heterocycles. The van der Waals surface area contributed by atoms with Gasteiger partial charge < -0.3 is 4.90 Å². The zero-order valence-corrected chi connectivity index (χ0v) is 16.5. The molecule has 0 spiro atoms. The summed E-state index contributed by atoms with van der Waals surface area (Å²) >= 11 is 3.27. The largest absolute Gasteiger partial charge is 0.341 e. The Hall–Kier alpha value is -1.78. The lowest BCUT2D eigenvalue weighted by atomic mass is 10.1. The smallest absolute Gasteiger partial charge is 0.262 e. The molecule has 1 fully saturated rings. The SMILES string of the molecule is CS(=O)(=O)NC1CCN(C(=O)CN2C(=O)c3ccc(Br)cc3C2=O)CC1. The molecule has 26 heavy (non-hydrogen) atoms. The monoisotopic (exact) mass is 443 g/mol. The summed E-state index contributed by atoms with van der Waals surface area (Å²) in [6.45, 7) is 0.440. The molecule has 0 radical (unpaired) electrons. The number of carbonyl (C=O) groups is 3. The Balaban J connectivity index is 1.61. The quantitative estimate of drug-likeness (QED) is 0.685. The summed E-state index contributed by atoms with van der Waals surface area (Å²) in [5.41, 5.74) is 0.579. The van der Waals surface area contributed by atoms with Gasteiger partial charge in [-0.2, -0.15) is 0 Å². The van der Waals surface area contributed by atoms with Gasteiger partial charge in [-0.05, 0) is 31.0 Å². The van der Waals surface area contributed by atoms with Crippen molar-refractivity contribution in [1.29, 1.82) is 0 Å². The summed E-state index contributed by atoms with van der Waals surface area (Å²) in [5, 5.41) is 0. The van der Waals surface area contributed by atoms with Crippen LogP contribution in [0.4, 0.5) is 0 Å². The maximum Gasteiger partial charge on any atom is 0.262 e. The van der Waals surface area contributed by atoms with Gasteiger partial charge in [-0.3, -0.25) is 19.3 Å². The highest BCUT2D eigenvalue weighted by Crippen LogP contribution is 2.26. The first-order chi connectivity index (χ1) is 12.2. The maximum absolute atomic E-state index is 12.5. The van der Waals surface area contributed by atoms with Gasteiger partial charge in [0, 0.05) is 23.6 Å². The lowest BCUT2D eigenvalue weighted by molar-refractivity contribution is -0.132. The predicted octanol–water partition coefficient (Wildman–Crippen LogP) is 0.585. The molecule has 3 rings (SSSR count). The molecule has 0 aromatic heterocycles. The average Bonchev–Trinajstić information content (AvgIpc) is 2.78. The fourth-order valence-corrected chi connectivity index (χ4v) is 4.39. The van der Waals surface area contributed by atoms with Crippen molar-refractivity contribution in [3.8, 4) is 0 Å². The fraction of sp³-hybridized carbons (Fsp3) is 0.438. The number of halogens is 1. The third-order valence-electron chi connectivity index (χ3n) is 4.45. The van der Waals surface area contributed by atoms with E-state index in [-0.39, 0.29) is 24.1 Å². The molecular formula is C16H18BrN3O5S. The summed E-state index contributed by atoms with van der Waals surface area (Å²) in [5.74, 6) is -1.27. The van der Waals surface area contributed by atoms with Gasteiger partial charge in [-0.25, -0.2) is 13.1 Å². The van der Waals surface area contributed by atoms with E-state index >= 15 is 0 Å². The number of fused-ring (bicyclic) bond motifs is 1. The molecule has 1 N–H and O–H groups in total. The molecular weight excluding hydrogens is 426 g/mol. The van der Waals surface area contributed by atoms with Crippen molar-refractivity contribution in [2.75, 3.05) is 25.9 Å². The second kappa shape index (κ2) is 7.09. The number of nitrogens with zero attached hydrogens (tertiary/aromatic N) is 2. The van der Waals surface area contributed by atoms with Crippen molar-refractivity contribution < 1.29 is 22.8 Å². The number of piperidine rings is 1. The van der Waals surface area contributed by atoms with E-state index in [9.17, 15) is 22.8 Å². The summed E-state index contributed by atoms with van der Waals surface area (Å²) in [6, 6.07) is 4.61. The van der Waals surface area contributed by atoms with Crippen molar-refractivity contribution in [2.24, 2.45) is 0 Å². The standard InChI is InChI=1S/C16H18BrN3O5S/c1-26(24,25)18-11-4-6-19(7-5-11)14(21)9-20-15(22)12-3-2-10(17)8-13(12)16(20)23/h2-3,8,11,18H,4-7,9H2,1H3. The van der Waals surface area contributed by atoms with Gasteiger partial charge in [-0.15, -0.1) is 0 Å². The minimum absolute atomic E-state index is 0.203. The number of amides is 3. The Labute approximate surface area is 159 Å². The van der Waals surface area contributed by atoms with Gasteiger partial charge in [0.2, 0.25) is 15.9 Å². The average molecular weight is 444 g/mol. The third-order valence-corrected chi connectivity index (χ3v) is 5.71. The third kappa shape index (κ3) is 3.97. The predicted molar refractivity (Wildman–Crippen MR) is 97.1 cm³/mol. The first-order valence-electron chi connectivity index (χ1n) is 8.06. The number of hydrogen-bond donors (Lipinski definition) is 1. The van der Waals surface area contributed by atoms with Crippen LogP contribution in [0, 0.1) is 0 Å². The van der Waals surface area contributed by atoms with Crippen LogP contribution >= 0.6 is 15.9 Å². The number of nitrogens with one attached hydrogen (secondary N) is 1. The van der Waals surface area contributed by atoms with E-state index in [0.717, 1.165) is 11.2 Å². The van der Waals surface area contributed by atoms with Crippen molar-refractivity contribution in [2.45, 2.75) is 18.9 Å². The number of imide groups is 1. The molecule has 1 saturated heterocycles. The minimum atomic E-state index is -3.28. The van der Waals surface area contributed by atoms with Gasteiger partial charge in [0.15, 0.2) is 0 Å². The molecule has 8 nitrogen and oxygen atoms in total. The maximum atomic E-state index is 12.5.